The average molecular weight is 280 g/mol. The Morgan fingerprint density at radius 3 is 2.52 bits per heavy atom. The Labute approximate surface area is 121 Å². The summed E-state index contributed by atoms with van der Waals surface area (Å²) in [5, 5.41) is 3.06. The topological polar surface area (TPSA) is 63.8 Å². The summed E-state index contributed by atoms with van der Waals surface area (Å²) in [5.41, 5.74) is 8.07. The molecule has 0 fully saturated rings. The van der Waals surface area contributed by atoms with Crippen molar-refractivity contribution in [2.75, 3.05) is 11.1 Å². The average Bonchev–Trinajstić information content (AvgIpc) is 2.48. The Balaban J connectivity index is 1.90. The fraction of sp³-hybridized carbons (Fsp3) is 0. The van der Waals surface area contributed by atoms with Crippen LogP contribution in [0, 0.1) is 5.82 Å². The molecule has 3 N–H and O–H groups in total. The zero-order valence-corrected chi connectivity index (χ0v) is 11.1. The van der Waals surface area contributed by atoms with E-state index in [4.69, 9.17) is 5.73 Å². The van der Waals surface area contributed by atoms with E-state index in [-0.39, 0.29) is 5.82 Å². The van der Waals surface area contributed by atoms with Crippen LogP contribution in [0.2, 0.25) is 0 Å². The molecule has 104 valence electrons. The number of rotatable bonds is 3. The molecule has 0 unspecified atom stereocenters. The predicted molar refractivity (Wildman–Crippen MR) is 81.6 cm³/mol. The van der Waals surface area contributed by atoms with Crippen molar-refractivity contribution in [2.45, 2.75) is 0 Å². The van der Waals surface area contributed by atoms with Crippen LogP contribution in [0.25, 0.3) is 11.1 Å². The van der Waals surface area contributed by atoms with Crippen molar-refractivity contribution < 1.29 is 4.39 Å². The van der Waals surface area contributed by atoms with Crippen molar-refractivity contribution in [3.63, 3.8) is 0 Å². The minimum absolute atomic E-state index is 0.300. The van der Waals surface area contributed by atoms with Crippen LogP contribution in [0.4, 0.5) is 21.8 Å². The number of para-hydroxylation sites is 1. The summed E-state index contributed by atoms with van der Waals surface area (Å²) in [7, 11) is 0. The van der Waals surface area contributed by atoms with Gasteiger partial charge in [0, 0.05) is 17.4 Å². The minimum atomic E-state index is -0.321. The third-order valence-electron chi connectivity index (χ3n) is 2.98. The SMILES string of the molecule is Nc1nc(Nc2ccccc2)ncc1-c1cccc(F)c1. The molecule has 0 atom stereocenters. The number of hydrogen-bond donors (Lipinski definition) is 2. The molecule has 0 radical (unpaired) electrons. The van der Waals surface area contributed by atoms with Crippen molar-refractivity contribution in [1.82, 2.24) is 9.97 Å². The summed E-state index contributed by atoms with van der Waals surface area (Å²) in [6, 6.07) is 15.7. The van der Waals surface area contributed by atoms with Gasteiger partial charge in [0.1, 0.15) is 11.6 Å². The Kier molecular flexibility index (Phi) is 3.47. The number of nitrogens with two attached hydrogens (primary N) is 1. The molecule has 0 aliphatic carbocycles. The molecule has 4 nitrogen and oxygen atoms in total. The summed E-state index contributed by atoms with van der Waals surface area (Å²) in [6.07, 6.45) is 1.59. The lowest BCUT2D eigenvalue weighted by atomic mass is 10.1. The molecule has 0 saturated heterocycles. The molecule has 3 aromatic rings. The van der Waals surface area contributed by atoms with Crippen molar-refractivity contribution >= 4 is 17.5 Å². The van der Waals surface area contributed by atoms with E-state index in [1.54, 1.807) is 18.3 Å². The van der Waals surface area contributed by atoms with Crippen molar-refractivity contribution in [1.29, 1.82) is 0 Å². The zero-order chi connectivity index (χ0) is 14.7. The first-order chi connectivity index (χ1) is 10.2. The Morgan fingerprint density at radius 1 is 1.00 bits per heavy atom. The van der Waals surface area contributed by atoms with Crippen LogP contribution in [0.5, 0.6) is 0 Å². The molecule has 0 amide bonds. The summed E-state index contributed by atoms with van der Waals surface area (Å²) in [5.74, 6) is 0.381. The second-order valence-electron chi connectivity index (χ2n) is 4.49. The lowest BCUT2D eigenvalue weighted by molar-refractivity contribution is 0.628. The summed E-state index contributed by atoms with van der Waals surface area (Å²) in [6.45, 7) is 0. The molecule has 3 rings (SSSR count). The molecular weight excluding hydrogens is 267 g/mol. The van der Waals surface area contributed by atoms with Gasteiger partial charge in [-0.2, -0.15) is 4.98 Å². The van der Waals surface area contributed by atoms with Gasteiger partial charge in [0.05, 0.1) is 0 Å². The fourth-order valence-electron chi connectivity index (χ4n) is 1.98. The molecule has 5 heteroatoms. The highest BCUT2D eigenvalue weighted by Gasteiger charge is 2.07. The number of aromatic nitrogens is 2. The molecule has 0 saturated carbocycles. The van der Waals surface area contributed by atoms with Gasteiger partial charge in [-0.25, -0.2) is 9.37 Å². The van der Waals surface area contributed by atoms with Gasteiger partial charge < -0.3 is 11.1 Å². The highest BCUT2D eigenvalue weighted by molar-refractivity contribution is 5.74. The van der Waals surface area contributed by atoms with Crippen molar-refractivity contribution in [2.24, 2.45) is 0 Å². The summed E-state index contributed by atoms with van der Waals surface area (Å²) >= 11 is 0. The number of nitrogens with one attached hydrogen (secondary N) is 1. The standard InChI is InChI=1S/C16H13FN4/c17-12-6-4-5-11(9-12)14-10-19-16(21-15(14)18)20-13-7-2-1-3-8-13/h1-10H,(H3,18,19,20,21). The second kappa shape index (κ2) is 5.58. The van der Waals surface area contributed by atoms with Crippen LogP contribution in [-0.4, -0.2) is 9.97 Å². The monoisotopic (exact) mass is 280 g/mol. The molecule has 0 aliphatic rings. The summed E-state index contributed by atoms with van der Waals surface area (Å²) < 4.78 is 13.3. The Bertz CT molecular complexity index is 759. The van der Waals surface area contributed by atoms with Gasteiger partial charge in [-0.05, 0) is 29.8 Å². The van der Waals surface area contributed by atoms with Gasteiger partial charge in [0.15, 0.2) is 0 Å². The smallest absolute Gasteiger partial charge is 0.229 e. The molecule has 0 spiro atoms. The normalized spacial score (nSPS) is 10.3. The number of nitrogens with zero attached hydrogens (tertiary/aromatic N) is 2. The predicted octanol–water partition coefficient (Wildman–Crippen LogP) is 3.61. The largest absolute Gasteiger partial charge is 0.383 e. The highest BCUT2D eigenvalue weighted by Crippen LogP contribution is 2.25. The molecule has 1 heterocycles. The Morgan fingerprint density at radius 2 is 1.81 bits per heavy atom. The fourth-order valence-corrected chi connectivity index (χ4v) is 1.98. The van der Waals surface area contributed by atoms with Gasteiger partial charge in [-0.3, -0.25) is 0 Å². The first-order valence-corrected chi connectivity index (χ1v) is 6.43. The van der Waals surface area contributed by atoms with Gasteiger partial charge >= 0.3 is 0 Å². The van der Waals surface area contributed by atoms with E-state index in [0.29, 0.717) is 22.9 Å². The van der Waals surface area contributed by atoms with Crippen LogP contribution in [0.1, 0.15) is 0 Å². The highest BCUT2D eigenvalue weighted by atomic mass is 19.1. The number of hydrogen-bond acceptors (Lipinski definition) is 4. The molecule has 0 aliphatic heterocycles. The van der Waals surface area contributed by atoms with Gasteiger partial charge in [-0.15, -0.1) is 0 Å². The number of nitrogen functional groups attached to an aromatic ring is 1. The van der Waals surface area contributed by atoms with E-state index in [2.05, 4.69) is 15.3 Å². The molecular formula is C16H13FN4. The van der Waals surface area contributed by atoms with Gasteiger partial charge in [-0.1, -0.05) is 30.3 Å². The number of anilines is 3. The van der Waals surface area contributed by atoms with Crippen LogP contribution < -0.4 is 11.1 Å². The molecule has 21 heavy (non-hydrogen) atoms. The lowest BCUT2D eigenvalue weighted by Crippen LogP contribution is -2.02. The quantitative estimate of drug-likeness (QED) is 0.769. The van der Waals surface area contributed by atoms with Crippen LogP contribution in [0.3, 0.4) is 0 Å². The van der Waals surface area contributed by atoms with E-state index >= 15 is 0 Å². The molecule has 1 aromatic heterocycles. The maximum atomic E-state index is 13.3. The number of halogens is 1. The first-order valence-electron chi connectivity index (χ1n) is 6.43. The van der Waals surface area contributed by atoms with E-state index in [1.807, 2.05) is 30.3 Å². The van der Waals surface area contributed by atoms with Gasteiger partial charge in [0.25, 0.3) is 0 Å². The number of benzene rings is 2. The van der Waals surface area contributed by atoms with E-state index < -0.39 is 0 Å². The summed E-state index contributed by atoms with van der Waals surface area (Å²) in [4.78, 5) is 8.42. The molecule has 0 bridgehead atoms. The van der Waals surface area contributed by atoms with Gasteiger partial charge in [0.2, 0.25) is 5.95 Å². The van der Waals surface area contributed by atoms with E-state index in [1.165, 1.54) is 12.1 Å². The van der Waals surface area contributed by atoms with Crippen LogP contribution in [-0.2, 0) is 0 Å². The third kappa shape index (κ3) is 2.97. The lowest BCUT2D eigenvalue weighted by Gasteiger charge is -2.08. The Hall–Kier alpha value is -2.95. The maximum Gasteiger partial charge on any atom is 0.229 e. The zero-order valence-electron chi connectivity index (χ0n) is 11.1. The van der Waals surface area contributed by atoms with Crippen LogP contribution in [0.15, 0.2) is 60.8 Å². The molecule has 2 aromatic carbocycles. The van der Waals surface area contributed by atoms with Crippen LogP contribution >= 0.6 is 0 Å². The van der Waals surface area contributed by atoms with E-state index in [9.17, 15) is 4.39 Å². The van der Waals surface area contributed by atoms with Crippen molar-refractivity contribution in [3.8, 4) is 11.1 Å². The van der Waals surface area contributed by atoms with Crippen molar-refractivity contribution in [3.05, 3.63) is 66.6 Å². The maximum absolute atomic E-state index is 13.3. The third-order valence-corrected chi connectivity index (χ3v) is 2.98. The van der Waals surface area contributed by atoms with E-state index in [0.717, 1.165) is 5.69 Å². The first kappa shape index (κ1) is 13.1. The second-order valence-corrected chi connectivity index (χ2v) is 4.49. The minimum Gasteiger partial charge on any atom is -0.383 e.